The molecule has 0 aromatic heterocycles. The van der Waals surface area contributed by atoms with Crippen LogP contribution in [0.15, 0.2) is 0 Å². The number of nitrogens with two attached hydrogens (primary N) is 1. The predicted molar refractivity (Wildman–Crippen MR) is 63.7 cm³/mol. The van der Waals surface area contributed by atoms with Crippen LogP contribution in [0.4, 0.5) is 0 Å². The molecule has 1 saturated carbocycles. The van der Waals surface area contributed by atoms with Crippen molar-refractivity contribution in [1.82, 2.24) is 4.90 Å². The first kappa shape index (κ1) is 12.9. The maximum Gasteiger partial charge on any atom is 0.0601 e. The van der Waals surface area contributed by atoms with Crippen molar-refractivity contribution in [2.75, 3.05) is 20.2 Å². The third-order valence-corrected chi connectivity index (χ3v) is 3.42. The zero-order chi connectivity index (χ0) is 11.4. The molecule has 1 rings (SSSR count). The summed E-state index contributed by atoms with van der Waals surface area (Å²) in [5, 5.41) is 9.39. The van der Waals surface area contributed by atoms with Gasteiger partial charge in [-0.25, -0.2) is 0 Å². The molecule has 3 N–H and O–H groups in total. The molecule has 0 aromatic carbocycles. The zero-order valence-corrected chi connectivity index (χ0v) is 10.3. The second-order valence-corrected chi connectivity index (χ2v) is 5.33. The van der Waals surface area contributed by atoms with Gasteiger partial charge in [0.1, 0.15) is 0 Å². The third-order valence-electron chi connectivity index (χ3n) is 3.42. The van der Waals surface area contributed by atoms with E-state index >= 15 is 0 Å². The molecule has 90 valence electrons. The van der Waals surface area contributed by atoms with Gasteiger partial charge in [0, 0.05) is 12.1 Å². The van der Waals surface area contributed by atoms with E-state index in [0.29, 0.717) is 11.8 Å². The molecule has 1 aliphatic carbocycles. The number of aliphatic hydroxyl groups excluding tert-OH is 1. The van der Waals surface area contributed by atoms with Crippen LogP contribution in [0.25, 0.3) is 0 Å². The second-order valence-electron chi connectivity index (χ2n) is 5.33. The van der Waals surface area contributed by atoms with Crippen molar-refractivity contribution in [3.63, 3.8) is 0 Å². The predicted octanol–water partition coefficient (Wildman–Crippen LogP) is 1.06. The summed E-state index contributed by atoms with van der Waals surface area (Å²) in [4.78, 5) is 2.23. The lowest BCUT2D eigenvalue weighted by Crippen LogP contribution is -2.50. The molecule has 1 fully saturated rings. The molecule has 15 heavy (non-hydrogen) atoms. The van der Waals surface area contributed by atoms with Gasteiger partial charge in [0.05, 0.1) is 6.61 Å². The van der Waals surface area contributed by atoms with E-state index in [1.54, 1.807) is 0 Å². The highest BCUT2D eigenvalue weighted by atomic mass is 16.3. The minimum absolute atomic E-state index is 0.149. The highest BCUT2D eigenvalue weighted by Crippen LogP contribution is 2.33. The van der Waals surface area contributed by atoms with Crippen LogP contribution in [0.5, 0.6) is 0 Å². The minimum Gasteiger partial charge on any atom is -0.395 e. The van der Waals surface area contributed by atoms with E-state index in [0.717, 1.165) is 6.54 Å². The van der Waals surface area contributed by atoms with Crippen LogP contribution in [-0.2, 0) is 0 Å². The Labute approximate surface area is 93.6 Å². The normalized spacial score (nSPS) is 21.0. The van der Waals surface area contributed by atoms with Gasteiger partial charge in [-0.3, -0.25) is 4.90 Å². The summed E-state index contributed by atoms with van der Waals surface area (Å²) >= 11 is 0. The number of nitrogens with zero attached hydrogens (tertiary/aromatic N) is 1. The van der Waals surface area contributed by atoms with Crippen LogP contribution < -0.4 is 5.73 Å². The maximum absolute atomic E-state index is 9.39. The molecular weight excluding hydrogens is 188 g/mol. The molecule has 3 nitrogen and oxygen atoms in total. The first-order valence-electron chi connectivity index (χ1n) is 6.13. The Bertz CT molecular complexity index is 180. The van der Waals surface area contributed by atoms with Crippen LogP contribution >= 0.6 is 0 Å². The Balaban J connectivity index is 2.34. The number of likely N-dealkylation sites (N-methyl/N-ethyl adjacent to an activating group) is 1. The fourth-order valence-electron chi connectivity index (χ4n) is 1.98. The lowest BCUT2D eigenvalue weighted by molar-refractivity contribution is 0.116. The fourth-order valence-corrected chi connectivity index (χ4v) is 1.98. The molecule has 0 spiro atoms. The third kappa shape index (κ3) is 4.09. The largest absolute Gasteiger partial charge is 0.395 e. The first-order chi connectivity index (χ1) is 7.06. The van der Waals surface area contributed by atoms with Gasteiger partial charge in [-0.1, -0.05) is 13.8 Å². The van der Waals surface area contributed by atoms with Gasteiger partial charge in [-0.05, 0) is 44.7 Å². The van der Waals surface area contributed by atoms with Gasteiger partial charge in [0.25, 0.3) is 0 Å². The van der Waals surface area contributed by atoms with Crippen molar-refractivity contribution < 1.29 is 5.11 Å². The summed E-state index contributed by atoms with van der Waals surface area (Å²) < 4.78 is 0. The average molecular weight is 214 g/mol. The van der Waals surface area contributed by atoms with Crippen molar-refractivity contribution in [3.05, 3.63) is 0 Å². The molecule has 3 heteroatoms. The van der Waals surface area contributed by atoms with Gasteiger partial charge in [-0.15, -0.1) is 0 Å². The lowest BCUT2D eigenvalue weighted by atomic mass is 10.0. The maximum atomic E-state index is 9.39. The smallest absolute Gasteiger partial charge is 0.0601 e. The molecule has 0 aromatic rings. The molecule has 2 unspecified atom stereocenters. The fraction of sp³-hybridized carbons (Fsp3) is 1.00. The molecule has 0 bridgehead atoms. The van der Waals surface area contributed by atoms with Crippen LogP contribution in [-0.4, -0.2) is 42.3 Å². The molecule has 0 aliphatic heterocycles. The quantitative estimate of drug-likeness (QED) is 0.666. The van der Waals surface area contributed by atoms with Gasteiger partial charge in [0.2, 0.25) is 0 Å². The van der Waals surface area contributed by atoms with Crippen LogP contribution in [0, 0.1) is 11.8 Å². The number of hydrogen-bond acceptors (Lipinski definition) is 3. The SMILES string of the molecule is CC(C)CCN(C)C(CO)C(N)C1CC1. The minimum atomic E-state index is 0.149. The zero-order valence-electron chi connectivity index (χ0n) is 10.3. The van der Waals surface area contributed by atoms with Crippen molar-refractivity contribution >= 4 is 0 Å². The Morgan fingerprint density at radius 2 is 2.00 bits per heavy atom. The summed E-state index contributed by atoms with van der Waals surface area (Å²) in [6, 6.07) is 0.309. The standard InChI is InChI=1S/C12H26N2O/c1-9(2)6-7-14(3)11(8-15)12(13)10-4-5-10/h9-12,15H,4-8,13H2,1-3H3. The van der Waals surface area contributed by atoms with Crippen molar-refractivity contribution in [3.8, 4) is 0 Å². The molecule has 2 atom stereocenters. The number of aliphatic hydroxyl groups is 1. The van der Waals surface area contributed by atoms with Gasteiger partial charge in [0.15, 0.2) is 0 Å². The van der Waals surface area contributed by atoms with Crippen LogP contribution in [0.1, 0.15) is 33.1 Å². The topological polar surface area (TPSA) is 49.5 Å². The van der Waals surface area contributed by atoms with Gasteiger partial charge in [-0.2, -0.15) is 0 Å². The van der Waals surface area contributed by atoms with Crippen molar-refractivity contribution in [1.29, 1.82) is 0 Å². The number of hydrogen-bond donors (Lipinski definition) is 2. The molecule has 0 heterocycles. The molecule has 1 aliphatic rings. The van der Waals surface area contributed by atoms with E-state index in [2.05, 4.69) is 25.8 Å². The van der Waals surface area contributed by atoms with E-state index in [-0.39, 0.29) is 18.7 Å². The Morgan fingerprint density at radius 3 is 2.40 bits per heavy atom. The highest BCUT2D eigenvalue weighted by Gasteiger charge is 2.35. The summed E-state index contributed by atoms with van der Waals surface area (Å²) in [6.45, 7) is 5.67. The molecule has 0 amide bonds. The first-order valence-corrected chi connectivity index (χ1v) is 6.13. The van der Waals surface area contributed by atoms with E-state index in [1.165, 1.54) is 19.3 Å². The van der Waals surface area contributed by atoms with Gasteiger partial charge < -0.3 is 10.8 Å². The van der Waals surface area contributed by atoms with Crippen LogP contribution in [0.2, 0.25) is 0 Å². The van der Waals surface area contributed by atoms with Crippen molar-refractivity contribution in [2.24, 2.45) is 17.6 Å². The number of rotatable bonds is 7. The monoisotopic (exact) mass is 214 g/mol. The van der Waals surface area contributed by atoms with E-state index < -0.39 is 0 Å². The van der Waals surface area contributed by atoms with E-state index in [4.69, 9.17) is 5.73 Å². The highest BCUT2D eigenvalue weighted by molar-refractivity contribution is 4.92. The van der Waals surface area contributed by atoms with Crippen LogP contribution in [0.3, 0.4) is 0 Å². The van der Waals surface area contributed by atoms with Crippen molar-refractivity contribution in [2.45, 2.75) is 45.2 Å². The Kier molecular flexibility index (Phi) is 5.03. The summed E-state index contributed by atoms with van der Waals surface area (Å²) in [5.74, 6) is 1.37. The summed E-state index contributed by atoms with van der Waals surface area (Å²) in [6.07, 6.45) is 3.66. The average Bonchev–Trinajstić information content (AvgIpc) is 2.98. The van der Waals surface area contributed by atoms with Gasteiger partial charge >= 0.3 is 0 Å². The molecule has 0 saturated heterocycles. The van der Waals surface area contributed by atoms with E-state index in [1.807, 2.05) is 0 Å². The lowest BCUT2D eigenvalue weighted by Gasteiger charge is -2.31. The molecule has 0 radical (unpaired) electrons. The Morgan fingerprint density at radius 1 is 1.40 bits per heavy atom. The van der Waals surface area contributed by atoms with E-state index in [9.17, 15) is 5.11 Å². The molecular formula is C12H26N2O. The summed E-state index contributed by atoms with van der Waals surface area (Å²) in [7, 11) is 2.07. The summed E-state index contributed by atoms with van der Waals surface area (Å²) in [5.41, 5.74) is 6.14. The Hall–Kier alpha value is -0.120. The second kappa shape index (κ2) is 5.83.